The third kappa shape index (κ3) is 2.85. The predicted octanol–water partition coefficient (Wildman–Crippen LogP) is 2.96. The van der Waals surface area contributed by atoms with Gasteiger partial charge in [0.25, 0.3) is 0 Å². The first kappa shape index (κ1) is 11.8. The first-order chi connectivity index (χ1) is 7.00. The molecule has 0 atom stereocenters. The van der Waals surface area contributed by atoms with Crippen molar-refractivity contribution in [2.45, 2.75) is 46.1 Å². The Balaban J connectivity index is 2.85. The summed E-state index contributed by atoms with van der Waals surface area (Å²) in [5.74, 6) is 0.865. The molecule has 0 spiro atoms. The highest BCUT2D eigenvalue weighted by molar-refractivity contribution is 5.54. The number of aromatic nitrogens is 1. The normalized spacial score (nSPS) is 11.5. The molecular weight excluding hydrogens is 186 g/mol. The van der Waals surface area contributed by atoms with Crippen LogP contribution in [0.4, 0.5) is 11.5 Å². The van der Waals surface area contributed by atoms with E-state index in [1.165, 1.54) is 0 Å². The first-order valence-corrected chi connectivity index (χ1v) is 5.51. The summed E-state index contributed by atoms with van der Waals surface area (Å²) in [6.07, 6.45) is 3.95. The number of anilines is 2. The lowest BCUT2D eigenvalue weighted by atomic mass is 9.95. The molecule has 3 N–H and O–H groups in total. The number of aryl methyl sites for hydroxylation is 1. The van der Waals surface area contributed by atoms with Gasteiger partial charge in [-0.15, -0.1) is 0 Å². The van der Waals surface area contributed by atoms with Crippen LogP contribution in [0, 0.1) is 6.92 Å². The summed E-state index contributed by atoms with van der Waals surface area (Å²) in [4.78, 5) is 4.33. The molecule has 0 radical (unpaired) electrons. The minimum Gasteiger partial charge on any atom is -0.398 e. The summed E-state index contributed by atoms with van der Waals surface area (Å²) < 4.78 is 0. The van der Waals surface area contributed by atoms with Gasteiger partial charge in [-0.3, -0.25) is 0 Å². The van der Waals surface area contributed by atoms with Crippen LogP contribution in [-0.4, -0.2) is 10.5 Å². The number of nitrogens with two attached hydrogens (primary N) is 1. The molecule has 1 aromatic heterocycles. The molecule has 1 heterocycles. The van der Waals surface area contributed by atoms with Gasteiger partial charge in [0.15, 0.2) is 0 Å². The van der Waals surface area contributed by atoms with Crippen molar-refractivity contribution in [3.63, 3.8) is 0 Å². The van der Waals surface area contributed by atoms with Crippen molar-refractivity contribution in [3.8, 4) is 0 Å². The maximum atomic E-state index is 5.84. The molecule has 0 bridgehead atoms. The molecule has 0 aliphatic heterocycles. The van der Waals surface area contributed by atoms with Crippen LogP contribution in [0.15, 0.2) is 12.3 Å². The van der Waals surface area contributed by atoms with Crippen molar-refractivity contribution in [1.82, 2.24) is 4.98 Å². The van der Waals surface area contributed by atoms with E-state index in [4.69, 9.17) is 5.73 Å². The second-order valence-corrected chi connectivity index (χ2v) is 4.32. The Labute approximate surface area is 92.1 Å². The highest BCUT2D eigenvalue weighted by atomic mass is 15.0. The van der Waals surface area contributed by atoms with Gasteiger partial charge in [-0.2, -0.15) is 0 Å². The maximum absolute atomic E-state index is 5.84. The molecule has 0 saturated carbocycles. The van der Waals surface area contributed by atoms with Crippen LogP contribution in [0.2, 0.25) is 0 Å². The molecule has 0 fully saturated rings. The molecule has 0 aliphatic rings. The Morgan fingerprint density at radius 1 is 1.40 bits per heavy atom. The SMILES string of the molecule is CCC(C)(CC)Nc1cc(N)c(C)cn1. The van der Waals surface area contributed by atoms with Crippen LogP contribution in [-0.2, 0) is 0 Å². The highest BCUT2D eigenvalue weighted by Crippen LogP contribution is 2.22. The summed E-state index contributed by atoms with van der Waals surface area (Å²) in [5, 5.41) is 3.43. The van der Waals surface area contributed by atoms with Crippen molar-refractivity contribution < 1.29 is 0 Å². The number of rotatable bonds is 4. The Morgan fingerprint density at radius 3 is 2.47 bits per heavy atom. The zero-order chi connectivity index (χ0) is 11.5. The van der Waals surface area contributed by atoms with Crippen LogP contribution in [0.3, 0.4) is 0 Å². The molecule has 0 saturated heterocycles. The third-order valence-electron chi connectivity index (χ3n) is 3.14. The van der Waals surface area contributed by atoms with Gasteiger partial charge in [-0.05, 0) is 32.3 Å². The van der Waals surface area contributed by atoms with E-state index in [2.05, 4.69) is 31.1 Å². The zero-order valence-corrected chi connectivity index (χ0v) is 10.1. The summed E-state index contributed by atoms with van der Waals surface area (Å²) in [6.45, 7) is 8.51. The van der Waals surface area contributed by atoms with E-state index < -0.39 is 0 Å². The lowest BCUT2D eigenvalue weighted by Crippen LogP contribution is -2.33. The van der Waals surface area contributed by atoms with Crippen molar-refractivity contribution in [1.29, 1.82) is 0 Å². The van der Waals surface area contributed by atoms with Crippen molar-refractivity contribution in [3.05, 3.63) is 17.8 Å². The van der Waals surface area contributed by atoms with Crippen molar-refractivity contribution >= 4 is 11.5 Å². The van der Waals surface area contributed by atoms with Gasteiger partial charge in [-0.1, -0.05) is 13.8 Å². The summed E-state index contributed by atoms with van der Waals surface area (Å²) in [7, 11) is 0. The smallest absolute Gasteiger partial charge is 0.128 e. The molecule has 3 nitrogen and oxygen atoms in total. The highest BCUT2D eigenvalue weighted by Gasteiger charge is 2.19. The van der Waals surface area contributed by atoms with Crippen LogP contribution in [0.5, 0.6) is 0 Å². The standard InChI is InChI=1S/C12H21N3/c1-5-12(4,6-2)15-11-7-10(13)9(3)8-14-11/h7-8H,5-6H2,1-4H3,(H3,13,14,15). The van der Waals surface area contributed by atoms with Crippen molar-refractivity contribution in [2.24, 2.45) is 0 Å². The number of nitrogen functional groups attached to an aromatic ring is 1. The first-order valence-electron chi connectivity index (χ1n) is 5.51. The minimum absolute atomic E-state index is 0.106. The third-order valence-corrected chi connectivity index (χ3v) is 3.14. The van der Waals surface area contributed by atoms with Gasteiger partial charge in [-0.25, -0.2) is 4.98 Å². The van der Waals surface area contributed by atoms with Gasteiger partial charge in [0.2, 0.25) is 0 Å². The average molecular weight is 207 g/mol. The quantitative estimate of drug-likeness (QED) is 0.798. The largest absolute Gasteiger partial charge is 0.398 e. The van der Waals surface area contributed by atoms with E-state index in [0.29, 0.717) is 0 Å². The summed E-state index contributed by atoms with van der Waals surface area (Å²) >= 11 is 0. The molecule has 15 heavy (non-hydrogen) atoms. The molecular formula is C12H21N3. The molecule has 1 aromatic rings. The number of hydrogen-bond donors (Lipinski definition) is 2. The van der Waals surface area contributed by atoms with Crippen LogP contribution < -0.4 is 11.1 Å². The number of nitrogens with zero attached hydrogens (tertiary/aromatic N) is 1. The monoisotopic (exact) mass is 207 g/mol. The van der Waals surface area contributed by atoms with E-state index in [9.17, 15) is 0 Å². The number of hydrogen-bond acceptors (Lipinski definition) is 3. The second kappa shape index (κ2) is 4.51. The van der Waals surface area contributed by atoms with E-state index in [1.54, 1.807) is 0 Å². The number of pyridine rings is 1. The molecule has 1 rings (SSSR count). The Kier molecular flexibility index (Phi) is 3.56. The van der Waals surface area contributed by atoms with Gasteiger partial charge in [0.05, 0.1) is 0 Å². The van der Waals surface area contributed by atoms with Crippen LogP contribution >= 0.6 is 0 Å². The Hall–Kier alpha value is -1.25. The van der Waals surface area contributed by atoms with Gasteiger partial charge in [0.1, 0.15) is 5.82 Å². The van der Waals surface area contributed by atoms with Crippen LogP contribution in [0.1, 0.15) is 39.2 Å². The molecule has 0 unspecified atom stereocenters. The number of nitrogens with one attached hydrogen (secondary N) is 1. The fraction of sp³-hybridized carbons (Fsp3) is 0.583. The Morgan fingerprint density at radius 2 is 2.00 bits per heavy atom. The minimum atomic E-state index is 0.106. The van der Waals surface area contributed by atoms with Gasteiger partial charge < -0.3 is 11.1 Å². The molecule has 0 amide bonds. The molecule has 0 aliphatic carbocycles. The van der Waals surface area contributed by atoms with Crippen LogP contribution in [0.25, 0.3) is 0 Å². The lowest BCUT2D eigenvalue weighted by Gasteiger charge is -2.29. The topological polar surface area (TPSA) is 50.9 Å². The maximum Gasteiger partial charge on any atom is 0.128 e. The fourth-order valence-corrected chi connectivity index (χ4v) is 1.34. The van der Waals surface area contributed by atoms with E-state index in [1.807, 2.05) is 19.2 Å². The fourth-order valence-electron chi connectivity index (χ4n) is 1.34. The second-order valence-electron chi connectivity index (χ2n) is 4.32. The van der Waals surface area contributed by atoms with E-state index in [-0.39, 0.29) is 5.54 Å². The van der Waals surface area contributed by atoms with E-state index >= 15 is 0 Å². The average Bonchev–Trinajstić information content (AvgIpc) is 2.23. The zero-order valence-electron chi connectivity index (χ0n) is 10.1. The van der Waals surface area contributed by atoms with E-state index in [0.717, 1.165) is 29.9 Å². The summed E-state index contributed by atoms with van der Waals surface area (Å²) in [6, 6.07) is 1.90. The van der Waals surface area contributed by atoms with Gasteiger partial charge >= 0.3 is 0 Å². The molecule has 3 heteroatoms. The summed E-state index contributed by atoms with van der Waals surface area (Å²) in [5.41, 5.74) is 7.77. The lowest BCUT2D eigenvalue weighted by molar-refractivity contribution is 0.477. The molecule has 84 valence electrons. The molecule has 0 aromatic carbocycles. The van der Waals surface area contributed by atoms with Crippen molar-refractivity contribution in [2.75, 3.05) is 11.1 Å². The van der Waals surface area contributed by atoms with Gasteiger partial charge in [0, 0.05) is 23.5 Å². The Bertz CT molecular complexity index is 330. The predicted molar refractivity (Wildman–Crippen MR) is 66.0 cm³/mol.